The number of hydrogen-bond donors (Lipinski definition) is 1. The van der Waals surface area contributed by atoms with E-state index in [-0.39, 0.29) is 5.91 Å². The molecule has 0 aliphatic carbocycles. The fourth-order valence-electron chi connectivity index (χ4n) is 2.35. The number of fused-ring (bicyclic) bond motifs is 1. The van der Waals surface area contributed by atoms with E-state index in [4.69, 9.17) is 4.74 Å². The molecule has 0 spiro atoms. The molecule has 0 aromatic rings. The van der Waals surface area contributed by atoms with Crippen molar-refractivity contribution < 1.29 is 9.53 Å². The predicted molar refractivity (Wildman–Crippen MR) is 52.9 cm³/mol. The highest BCUT2D eigenvalue weighted by molar-refractivity contribution is 5.78. The summed E-state index contributed by atoms with van der Waals surface area (Å²) in [6.45, 7) is 4.00. The van der Waals surface area contributed by atoms with Crippen LogP contribution in [0.2, 0.25) is 0 Å². The highest BCUT2D eigenvalue weighted by Crippen LogP contribution is 2.28. The quantitative estimate of drug-likeness (QED) is 0.662. The Morgan fingerprint density at radius 2 is 2.29 bits per heavy atom. The van der Waals surface area contributed by atoms with Gasteiger partial charge in [-0.3, -0.25) is 4.79 Å². The zero-order valence-electron chi connectivity index (χ0n) is 8.66. The van der Waals surface area contributed by atoms with Gasteiger partial charge in [-0.15, -0.1) is 0 Å². The molecular formula is C10H18N2O2. The van der Waals surface area contributed by atoms with Gasteiger partial charge in [0.1, 0.15) is 0 Å². The van der Waals surface area contributed by atoms with Gasteiger partial charge in [-0.2, -0.15) is 0 Å². The summed E-state index contributed by atoms with van der Waals surface area (Å²) < 4.78 is 5.43. The van der Waals surface area contributed by atoms with Crippen molar-refractivity contribution in [3.63, 3.8) is 0 Å². The summed E-state index contributed by atoms with van der Waals surface area (Å²) in [5.41, 5.74) is 0. The van der Waals surface area contributed by atoms with E-state index < -0.39 is 0 Å². The third kappa shape index (κ3) is 1.91. The highest BCUT2D eigenvalue weighted by Gasteiger charge is 2.34. The number of likely N-dealkylation sites (tertiary alicyclic amines) is 1. The molecule has 1 N–H and O–H groups in total. The molecule has 80 valence electrons. The summed E-state index contributed by atoms with van der Waals surface area (Å²) in [7, 11) is 1.81. The van der Waals surface area contributed by atoms with Gasteiger partial charge in [-0.25, -0.2) is 0 Å². The lowest BCUT2D eigenvalue weighted by Gasteiger charge is -2.33. The van der Waals surface area contributed by atoms with Gasteiger partial charge in [0, 0.05) is 25.6 Å². The second kappa shape index (κ2) is 4.28. The minimum Gasteiger partial charge on any atom is -0.381 e. The topological polar surface area (TPSA) is 41.6 Å². The number of carbonyl (C=O) groups excluding carboxylic acids is 1. The number of ether oxygens (including phenoxy) is 1. The number of carbonyl (C=O) groups is 1. The molecule has 14 heavy (non-hydrogen) atoms. The van der Waals surface area contributed by atoms with Crippen LogP contribution in [0.5, 0.6) is 0 Å². The van der Waals surface area contributed by atoms with E-state index in [1.54, 1.807) is 0 Å². The number of nitrogens with zero attached hydrogens (tertiary/aromatic N) is 1. The van der Waals surface area contributed by atoms with E-state index in [0.29, 0.717) is 18.4 Å². The lowest BCUT2D eigenvalue weighted by atomic mass is 9.89. The SMILES string of the molecule is CNCC(=O)N1CCC2COCC2C1. The first-order valence-corrected chi connectivity index (χ1v) is 5.31. The molecule has 2 atom stereocenters. The highest BCUT2D eigenvalue weighted by atomic mass is 16.5. The molecule has 0 radical (unpaired) electrons. The zero-order valence-corrected chi connectivity index (χ0v) is 8.66. The fourth-order valence-corrected chi connectivity index (χ4v) is 2.35. The lowest BCUT2D eigenvalue weighted by molar-refractivity contribution is -0.132. The van der Waals surface area contributed by atoms with Crippen molar-refractivity contribution in [3.05, 3.63) is 0 Å². The Balaban J connectivity index is 1.87. The van der Waals surface area contributed by atoms with Gasteiger partial charge < -0.3 is 15.0 Å². The molecule has 2 aliphatic rings. The van der Waals surface area contributed by atoms with Crippen LogP contribution in [-0.2, 0) is 9.53 Å². The Morgan fingerprint density at radius 3 is 3.07 bits per heavy atom. The van der Waals surface area contributed by atoms with Crippen LogP contribution in [0.1, 0.15) is 6.42 Å². The first-order chi connectivity index (χ1) is 6.81. The third-order valence-electron chi connectivity index (χ3n) is 3.24. The summed E-state index contributed by atoms with van der Waals surface area (Å²) in [6, 6.07) is 0. The summed E-state index contributed by atoms with van der Waals surface area (Å²) in [4.78, 5) is 13.6. The van der Waals surface area contributed by atoms with Crippen molar-refractivity contribution in [3.8, 4) is 0 Å². The summed E-state index contributed by atoms with van der Waals surface area (Å²) in [6.07, 6.45) is 1.11. The lowest BCUT2D eigenvalue weighted by Crippen LogP contribution is -2.46. The van der Waals surface area contributed by atoms with Crippen LogP contribution in [-0.4, -0.2) is 50.7 Å². The monoisotopic (exact) mass is 198 g/mol. The smallest absolute Gasteiger partial charge is 0.236 e. The molecule has 2 aliphatic heterocycles. The van der Waals surface area contributed by atoms with Gasteiger partial charge in [0.05, 0.1) is 13.2 Å². The molecule has 2 heterocycles. The van der Waals surface area contributed by atoms with Gasteiger partial charge >= 0.3 is 0 Å². The van der Waals surface area contributed by atoms with E-state index in [0.717, 1.165) is 32.7 Å². The van der Waals surface area contributed by atoms with Crippen molar-refractivity contribution in [2.75, 3.05) is 39.9 Å². The minimum atomic E-state index is 0.220. The molecule has 1 amide bonds. The maximum absolute atomic E-state index is 11.6. The van der Waals surface area contributed by atoms with Gasteiger partial charge in [-0.05, 0) is 19.4 Å². The number of nitrogens with one attached hydrogen (secondary N) is 1. The molecule has 2 rings (SSSR count). The maximum atomic E-state index is 11.6. The molecule has 0 saturated carbocycles. The standard InChI is InChI=1S/C10H18N2O2/c1-11-4-10(13)12-3-2-8-6-14-7-9(8)5-12/h8-9,11H,2-7H2,1H3. The first kappa shape index (κ1) is 9.93. The van der Waals surface area contributed by atoms with Crippen LogP contribution in [0.3, 0.4) is 0 Å². The number of piperidine rings is 1. The van der Waals surface area contributed by atoms with E-state index in [1.165, 1.54) is 0 Å². The van der Waals surface area contributed by atoms with Crippen LogP contribution in [0.4, 0.5) is 0 Å². The largest absolute Gasteiger partial charge is 0.381 e. The van der Waals surface area contributed by atoms with Crippen molar-refractivity contribution in [2.45, 2.75) is 6.42 Å². The molecule has 2 saturated heterocycles. The van der Waals surface area contributed by atoms with Crippen molar-refractivity contribution >= 4 is 5.91 Å². The second-order valence-electron chi connectivity index (χ2n) is 4.22. The van der Waals surface area contributed by atoms with Crippen LogP contribution >= 0.6 is 0 Å². The number of likely N-dealkylation sites (N-methyl/N-ethyl adjacent to an activating group) is 1. The van der Waals surface area contributed by atoms with E-state index in [2.05, 4.69) is 5.32 Å². The number of amides is 1. The Labute approximate surface area is 84.6 Å². The summed E-state index contributed by atoms with van der Waals surface area (Å²) in [5.74, 6) is 1.51. The number of rotatable bonds is 2. The van der Waals surface area contributed by atoms with Gasteiger partial charge in [-0.1, -0.05) is 0 Å². The van der Waals surface area contributed by atoms with Crippen LogP contribution < -0.4 is 5.32 Å². The van der Waals surface area contributed by atoms with Crippen LogP contribution in [0, 0.1) is 11.8 Å². The minimum absolute atomic E-state index is 0.220. The second-order valence-corrected chi connectivity index (χ2v) is 4.22. The molecular weight excluding hydrogens is 180 g/mol. The van der Waals surface area contributed by atoms with E-state index in [1.807, 2.05) is 11.9 Å². The zero-order chi connectivity index (χ0) is 9.97. The van der Waals surface area contributed by atoms with Crippen LogP contribution in [0.25, 0.3) is 0 Å². The number of hydrogen-bond acceptors (Lipinski definition) is 3. The van der Waals surface area contributed by atoms with Crippen LogP contribution in [0.15, 0.2) is 0 Å². The molecule has 2 fully saturated rings. The van der Waals surface area contributed by atoms with Crippen molar-refractivity contribution in [1.29, 1.82) is 0 Å². The van der Waals surface area contributed by atoms with Gasteiger partial charge in [0.15, 0.2) is 0 Å². The Kier molecular flexibility index (Phi) is 3.03. The normalized spacial score (nSPS) is 31.6. The predicted octanol–water partition coefficient (Wildman–Crippen LogP) is -0.299. The third-order valence-corrected chi connectivity index (χ3v) is 3.24. The Morgan fingerprint density at radius 1 is 1.50 bits per heavy atom. The molecule has 0 bridgehead atoms. The Bertz CT molecular complexity index is 220. The summed E-state index contributed by atoms with van der Waals surface area (Å²) >= 11 is 0. The average molecular weight is 198 g/mol. The first-order valence-electron chi connectivity index (χ1n) is 5.31. The average Bonchev–Trinajstić information content (AvgIpc) is 2.64. The Hall–Kier alpha value is -0.610. The molecule has 0 aromatic heterocycles. The maximum Gasteiger partial charge on any atom is 0.236 e. The van der Waals surface area contributed by atoms with Crippen molar-refractivity contribution in [1.82, 2.24) is 10.2 Å². The fraction of sp³-hybridized carbons (Fsp3) is 0.900. The van der Waals surface area contributed by atoms with Gasteiger partial charge in [0.2, 0.25) is 5.91 Å². The van der Waals surface area contributed by atoms with E-state index >= 15 is 0 Å². The van der Waals surface area contributed by atoms with Crippen molar-refractivity contribution in [2.24, 2.45) is 11.8 Å². The molecule has 0 aromatic carbocycles. The summed E-state index contributed by atoms with van der Waals surface area (Å²) in [5, 5.41) is 2.90. The van der Waals surface area contributed by atoms with Gasteiger partial charge in [0.25, 0.3) is 0 Å². The molecule has 4 nitrogen and oxygen atoms in total. The molecule has 4 heteroatoms. The molecule has 2 unspecified atom stereocenters. The van der Waals surface area contributed by atoms with E-state index in [9.17, 15) is 4.79 Å².